The zero-order valence-corrected chi connectivity index (χ0v) is 11.1. The fraction of sp³-hybridized carbons (Fsp3) is 0.133. The van der Waals surface area contributed by atoms with Gasteiger partial charge in [-0.3, -0.25) is 0 Å². The molecular formula is C15H15ClN2O. The van der Waals surface area contributed by atoms with Crippen molar-refractivity contribution in [1.29, 1.82) is 0 Å². The maximum atomic E-state index is 8.51. The lowest BCUT2D eigenvalue weighted by Gasteiger charge is -2.07. The molecule has 2 aromatic rings. The Kier molecular flexibility index (Phi) is 4.81. The van der Waals surface area contributed by atoms with Gasteiger partial charge in [0.05, 0.1) is 0 Å². The van der Waals surface area contributed by atoms with Gasteiger partial charge in [-0.05, 0) is 23.3 Å². The summed E-state index contributed by atoms with van der Waals surface area (Å²) >= 11 is 5.67. The summed E-state index contributed by atoms with van der Waals surface area (Å²) in [7, 11) is 0. The number of benzene rings is 2. The number of nitrogens with one attached hydrogen (secondary N) is 1. The van der Waals surface area contributed by atoms with Crippen LogP contribution in [0.15, 0.2) is 59.8 Å². The van der Waals surface area contributed by atoms with Gasteiger partial charge in [0.2, 0.25) is 0 Å². The Hall–Kier alpha value is -2.00. The van der Waals surface area contributed by atoms with Crippen LogP contribution >= 0.6 is 11.6 Å². The van der Waals surface area contributed by atoms with Gasteiger partial charge in [-0.25, -0.2) is 0 Å². The number of para-hydroxylation sites is 1. The van der Waals surface area contributed by atoms with Gasteiger partial charge in [-0.1, -0.05) is 59.2 Å². The van der Waals surface area contributed by atoms with Gasteiger partial charge in [-0.15, -0.1) is 0 Å². The van der Waals surface area contributed by atoms with Gasteiger partial charge in [0.1, 0.15) is 5.17 Å². The molecule has 0 saturated carbocycles. The summed E-state index contributed by atoms with van der Waals surface area (Å²) in [5.41, 5.74) is 3.30. The zero-order valence-electron chi connectivity index (χ0n) is 10.4. The smallest absolute Gasteiger partial charge is 0.149 e. The summed E-state index contributed by atoms with van der Waals surface area (Å²) in [4.78, 5) is 0. The number of nitrogens with zero attached hydrogens (tertiary/aromatic N) is 1. The summed E-state index contributed by atoms with van der Waals surface area (Å²) in [6.07, 6.45) is 0.449. The second-order valence-electron chi connectivity index (χ2n) is 4.19. The molecule has 3 nitrogen and oxygen atoms in total. The average Bonchev–Trinajstić information content (AvgIpc) is 2.47. The highest BCUT2D eigenvalue weighted by Gasteiger charge is 1.99. The van der Waals surface area contributed by atoms with Crippen LogP contribution in [0.1, 0.15) is 11.1 Å². The van der Waals surface area contributed by atoms with Crippen molar-refractivity contribution in [1.82, 2.24) is 0 Å². The van der Waals surface area contributed by atoms with Gasteiger partial charge < -0.3 is 10.5 Å². The van der Waals surface area contributed by atoms with Crippen molar-refractivity contribution in [3.63, 3.8) is 0 Å². The van der Waals surface area contributed by atoms with E-state index in [1.807, 2.05) is 54.6 Å². The van der Waals surface area contributed by atoms with E-state index in [-0.39, 0.29) is 5.17 Å². The molecule has 0 amide bonds. The molecule has 0 saturated heterocycles. The van der Waals surface area contributed by atoms with Gasteiger partial charge in [0, 0.05) is 18.7 Å². The minimum atomic E-state index is 0.190. The SMILES string of the molecule is O/N=C(\Cl)Cc1ccc(CNc2ccccc2)cc1. The topological polar surface area (TPSA) is 44.6 Å². The molecule has 4 heteroatoms. The van der Waals surface area contributed by atoms with E-state index in [2.05, 4.69) is 10.5 Å². The van der Waals surface area contributed by atoms with E-state index in [1.165, 1.54) is 5.56 Å². The quantitative estimate of drug-likeness (QED) is 0.494. The minimum Gasteiger partial charge on any atom is -0.410 e. The van der Waals surface area contributed by atoms with Crippen LogP contribution < -0.4 is 5.32 Å². The lowest BCUT2D eigenvalue weighted by Crippen LogP contribution is -2.00. The van der Waals surface area contributed by atoms with Crippen LogP contribution in [0.4, 0.5) is 5.69 Å². The number of oxime groups is 1. The molecule has 0 radical (unpaired) electrons. The molecule has 98 valence electrons. The molecule has 0 bridgehead atoms. The summed E-state index contributed by atoms with van der Waals surface area (Å²) in [5.74, 6) is 0. The van der Waals surface area contributed by atoms with Crippen LogP contribution in [0.25, 0.3) is 0 Å². The second-order valence-corrected chi connectivity index (χ2v) is 4.63. The Bertz CT molecular complexity index is 538. The first-order valence-electron chi connectivity index (χ1n) is 6.01. The predicted octanol–water partition coefficient (Wildman–Crippen LogP) is 3.87. The lowest BCUT2D eigenvalue weighted by atomic mass is 10.1. The maximum absolute atomic E-state index is 8.51. The van der Waals surface area contributed by atoms with E-state index < -0.39 is 0 Å². The largest absolute Gasteiger partial charge is 0.410 e. The van der Waals surface area contributed by atoms with Crippen molar-refractivity contribution >= 4 is 22.5 Å². The molecule has 0 aliphatic rings. The fourth-order valence-electron chi connectivity index (χ4n) is 1.74. The van der Waals surface area contributed by atoms with E-state index in [1.54, 1.807) is 0 Å². The molecule has 0 aromatic heterocycles. The third-order valence-corrected chi connectivity index (χ3v) is 2.96. The van der Waals surface area contributed by atoms with Crippen molar-refractivity contribution in [2.75, 3.05) is 5.32 Å². The number of rotatable bonds is 5. The van der Waals surface area contributed by atoms with Crippen molar-refractivity contribution < 1.29 is 5.21 Å². The molecule has 19 heavy (non-hydrogen) atoms. The maximum Gasteiger partial charge on any atom is 0.149 e. The van der Waals surface area contributed by atoms with E-state index in [9.17, 15) is 0 Å². The van der Waals surface area contributed by atoms with Crippen molar-refractivity contribution in [2.45, 2.75) is 13.0 Å². The van der Waals surface area contributed by atoms with E-state index in [4.69, 9.17) is 16.8 Å². The van der Waals surface area contributed by atoms with Gasteiger partial charge >= 0.3 is 0 Å². The zero-order chi connectivity index (χ0) is 13.5. The van der Waals surface area contributed by atoms with E-state index in [0.29, 0.717) is 6.42 Å². The molecule has 0 spiro atoms. The molecule has 0 atom stereocenters. The molecule has 0 heterocycles. The Morgan fingerprint density at radius 2 is 1.63 bits per heavy atom. The Morgan fingerprint density at radius 3 is 2.26 bits per heavy atom. The molecule has 2 rings (SSSR count). The van der Waals surface area contributed by atoms with Crippen LogP contribution in [0.2, 0.25) is 0 Å². The third-order valence-electron chi connectivity index (χ3n) is 2.75. The standard InChI is InChI=1S/C15H15ClN2O/c16-15(18-19)10-12-6-8-13(9-7-12)11-17-14-4-2-1-3-5-14/h1-9,17,19H,10-11H2/b18-15-. The number of hydrogen-bond acceptors (Lipinski definition) is 3. The normalized spacial score (nSPS) is 11.3. The van der Waals surface area contributed by atoms with Crippen molar-refractivity contribution in [2.24, 2.45) is 5.16 Å². The first-order chi connectivity index (χ1) is 9.28. The van der Waals surface area contributed by atoms with E-state index >= 15 is 0 Å². The van der Waals surface area contributed by atoms with Crippen LogP contribution in [-0.2, 0) is 13.0 Å². The van der Waals surface area contributed by atoms with Gasteiger partial charge in [-0.2, -0.15) is 0 Å². The van der Waals surface area contributed by atoms with Gasteiger partial charge in [0.25, 0.3) is 0 Å². The number of hydrogen-bond donors (Lipinski definition) is 2. The monoisotopic (exact) mass is 274 g/mol. The van der Waals surface area contributed by atoms with Crippen molar-refractivity contribution in [3.8, 4) is 0 Å². The van der Waals surface area contributed by atoms with Gasteiger partial charge in [0.15, 0.2) is 0 Å². The number of anilines is 1. The fourth-order valence-corrected chi connectivity index (χ4v) is 1.89. The molecule has 0 aliphatic heterocycles. The Morgan fingerprint density at radius 1 is 1.00 bits per heavy atom. The van der Waals surface area contributed by atoms with Crippen LogP contribution in [0.3, 0.4) is 0 Å². The third kappa shape index (κ3) is 4.30. The Labute approximate surface area is 117 Å². The minimum absolute atomic E-state index is 0.190. The van der Waals surface area contributed by atoms with Crippen LogP contribution in [0, 0.1) is 0 Å². The first kappa shape index (κ1) is 13.4. The summed E-state index contributed by atoms with van der Waals surface area (Å²) < 4.78 is 0. The highest BCUT2D eigenvalue weighted by Crippen LogP contribution is 2.10. The average molecular weight is 275 g/mol. The molecule has 0 aliphatic carbocycles. The van der Waals surface area contributed by atoms with E-state index in [0.717, 1.165) is 17.8 Å². The summed E-state index contributed by atoms with van der Waals surface area (Å²) in [6, 6.07) is 18.1. The highest BCUT2D eigenvalue weighted by molar-refractivity contribution is 6.65. The second kappa shape index (κ2) is 6.81. The molecule has 0 fully saturated rings. The lowest BCUT2D eigenvalue weighted by molar-refractivity contribution is 0.319. The molecule has 0 unspecified atom stereocenters. The Balaban J connectivity index is 1.92. The molecule has 2 N–H and O–H groups in total. The first-order valence-corrected chi connectivity index (χ1v) is 6.39. The van der Waals surface area contributed by atoms with Crippen LogP contribution in [-0.4, -0.2) is 10.4 Å². The highest BCUT2D eigenvalue weighted by atomic mass is 35.5. The van der Waals surface area contributed by atoms with Crippen molar-refractivity contribution in [3.05, 3.63) is 65.7 Å². The number of halogens is 1. The predicted molar refractivity (Wildman–Crippen MR) is 79.0 cm³/mol. The summed E-state index contributed by atoms with van der Waals surface area (Å²) in [5, 5.41) is 15.0. The molecule has 2 aromatic carbocycles. The summed E-state index contributed by atoms with van der Waals surface area (Å²) in [6.45, 7) is 0.770. The van der Waals surface area contributed by atoms with Crippen LogP contribution in [0.5, 0.6) is 0 Å². The molecular weight excluding hydrogens is 260 g/mol.